The van der Waals surface area contributed by atoms with Gasteiger partial charge in [0.15, 0.2) is 0 Å². The molecule has 0 radical (unpaired) electrons. The number of nitrogens with zero attached hydrogens (tertiary/aromatic N) is 3. The molecule has 5 nitrogen and oxygen atoms in total. The van der Waals surface area contributed by atoms with Crippen molar-refractivity contribution in [2.24, 2.45) is 5.92 Å². The van der Waals surface area contributed by atoms with Crippen molar-refractivity contribution in [3.05, 3.63) is 59.4 Å². The summed E-state index contributed by atoms with van der Waals surface area (Å²) in [5, 5.41) is 3.12. The molecule has 1 amide bonds. The predicted octanol–water partition coefficient (Wildman–Crippen LogP) is 4.52. The molecule has 3 aromatic rings. The summed E-state index contributed by atoms with van der Waals surface area (Å²) in [4.78, 5) is 20.1. The van der Waals surface area contributed by atoms with Crippen LogP contribution in [0.1, 0.15) is 36.7 Å². The number of imidazole rings is 1. The Bertz CT molecular complexity index is 1020. The molecule has 2 aromatic carbocycles. The molecule has 5 heteroatoms. The number of hydrogen-bond donors (Lipinski definition) is 1. The summed E-state index contributed by atoms with van der Waals surface area (Å²) < 4.78 is 2.29. The topological polar surface area (TPSA) is 50.2 Å². The van der Waals surface area contributed by atoms with Gasteiger partial charge in [0, 0.05) is 18.8 Å². The lowest BCUT2D eigenvalue weighted by atomic mass is 9.97. The predicted molar refractivity (Wildman–Crippen MR) is 118 cm³/mol. The third-order valence-corrected chi connectivity index (χ3v) is 6.07. The van der Waals surface area contributed by atoms with Crippen molar-refractivity contribution < 1.29 is 4.79 Å². The molecule has 1 fully saturated rings. The molecule has 1 aliphatic heterocycles. The van der Waals surface area contributed by atoms with E-state index in [1.54, 1.807) is 0 Å². The van der Waals surface area contributed by atoms with Crippen LogP contribution in [0.4, 0.5) is 5.69 Å². The highest BCUT2D eigenvalue weighted by molar-refractivity contribution is 5.92. The van der Waals surface area contributed by atoms with Gasteiger partial charge in [-0.3, -0.25) is 9.69 Å². The van der Waals surface area contributed by atoms with Gasteiger partial charge >= 0.3 is 0 Å². The largest absolute Gasteiger partial charge is 0.327 e. The number of amides is 1. The molecular formula is C24H30N4O. The van der Waals surface area contributed by atoms with Gasteiger partial charge in [0.1, 0.15) is 5.82 Å². The van der Waals surface area contributed by atoms with Gasteiger partial charge < -0.3 is 9.88 Å². The smallest absolute Gasteiger partial charge is 0.228 e. The Morgan fingerprint density at radius 3 is 2.79 bits per heavy atom. The van der Waals surface area contributed by atoms with Crippen LogP contribution in [-0.4, -0.2) is 33.4 Å². The monoisotopic (exact) mass is 390 g/mol. The minimum atomic E-state index is 0.0183. The fraction of sp³-hybridized carbons (Fsp3) is 0.417. The highest BCUT2D eigenvalue weighted by Crippen LogP contribution is 2.23. The first-order valence-electron chi connectivity index (χ1n) is 10.6. The summed E-state index contributed by atoms with van der Waals surface area (Å²) >= 11 is 0. The maximum atomic E-state index is 12.9. The average molecular weight is 391 g/mol. The van der Waals surface area contributed by atoms with Gasteiger partial charge in [-0.2, -0.15) is 0 Å². The lowest BCUT2D eigenvalue weighted by Gasteiger charge is -2.31. The number of piperidine rings is 1. The Morgan fingerprint density at radius 1 is 1.17 bits per heavy atom. The van der Waals surface area contributed by atoms with Crippen molar-refractivity contribution in [3.8, 4) is 0 Å². The van der Waals surface area contributed by atoms with E-state index in [0.29, 0.717) is 0 Å². The van der Waals surface area contributed by atoms with E-state index >= 15 is 0 Å². The van der Waals surface area contributed by atoms with Gasteiger partial charge in [-0.05, 0) is 75.5 Å². The Balaban J connectivity index is 1.44. The molecule has 1 N–H and O–H groups in total. The second-order valence-electron chi connectivity index (χ2n) is 8.12. The summed E-state index contributed by atoms with van der Waals surface area (Å²) in [6, 6.07) is 14.4. The van der Waals surface area contributed by atoms with Gasteiger partial charge in [-0.15, -0.1) is 0 Å². The summed E-state index contributed by atoms with van der Waals surface area (Å²) in [6.45, 7) is 9.81. The maximum absolute atomic E-state index is 12.9. The quantitative estimate of drug-likeness (QED) is 0.697. The van der Waals surface area contributed by atoms with Crippen molar-refractivity contribution in [1.82, 2.24) is 14.5 Å². The van der Waals surface area contributed by atoms with E-state index in [1.165, 1.54) is 16.6 Å². The van der Waals surface area contributed by atoms with Crippen molar-refractivity contribution in [1.29, 1.82) is 0 Å². The fourth-order valence-corrected chi connectivity index (χ4v) is 4.28. The Hall–Kier alpha value is -2.66. The highest BCUT2D eigenvalue weighted by atomic mass is 16.1. The van der Waals surface area contributed by atoms with Crippen LogP contribution < -0.4 is 5.32 Å². The van der Waals surface area contributed by atoms with Gasteiger partial charge in [0.05, 0.1) is 23.5 Å². The molecule has 29 heavy (non-hydrogen) atoms. The van der Waals surface area contributed by atoms with Gasteiger partial charge in [0.25, 0.3) is 0 Å². The molecule has 2 heterocycles. The SMILES string of the molecule is CCn1c(CN2CCC[C@@H](C(=O)Nc3ccc(C)c(C)c3)C2)nc2ccccc21. The summed E-state index contributed by atoms with van der Waals surface area (Å²) in [6.07, 6.45) is 1.98. The van der Waals surface area contributed by atoms with E-state index in [4.69, 9.17) is 4.98 Å². The molecule has 0 aliphatic carbocycles. The van der Waals surface area contributed by atoms with Crippen molar-refractivity contribution >= 4 is 22.6 Å². The van der Waals surface area contributed by atoms with E-state index in [1.807, 2.05) is 12.1 Å². The van der Waals surface area contributed by atoms with Crippen LogP contribution in [0.5, 0.6) is 0 Å². The number of hydrogen-bond acceptors (Lipinski definition) is 3. The third-order valence-electron chi connectivity index (χ3n) is 6.07. The Kier molecular flexibility index (Phi) is 5.67. The molecule has 1 aromatic heterocycles. The molecule has 0 saturated carbocycles. The number of para-hydroxylation sites is 2. The first kappa shape index (κ1) is 19.6. The van der Waals surface area contributed by atoms with Crippen molar-refractivity contribution in [2.75, 3.05) is 18.4 Å². The van der Waals surface area contributed by atoms with Crippen LogP contribution in [0.2, 0.25) is 0 Å². The molecule has 0 unspecified atom stereocenters. The highest BCUT2D eigenvalue weighted by Gasteiger charge is 2.27. The maximum Gasteiger partial charge on any atom is 0.228 e. The molecule has 1 atom stereocenters. The van der Waals surface area contributed by atoms with Gasteiger partial charge in [-0.25, -0.2) is 4.98 Å². The zero-order valence-electron chi connectivity index (χ0n) is 17.6. The van der Waals surface area contributed by atoms with Crippen LogP contribution in [0.15, 0.2) is 42.5 Å². The van der Waals surface area contributed by atoms with Crippen LogP contribution >= 0.6 is 0 Å². The number of likely N-dealkylation sites (tertiary alicyclic amines) is 1. The van der Waals surface area contributed by atoms with Gasteiger partial charge in [0.2, 0.25) is 5.91 Å². The molecule has 0 bridgehead atoms. The lowest BCUT2D eigenvalue weighted by Crippen LogP contribution is -2.40. The van der Waals surface area contributed by atoms with Crippen molar-refractivity contribution in [2.45, 2.75) is 46.7 Å². The summed E-state index contributed by atoms with van der Waals surface area (Å²) in [5.41, 5.74) is 5.57. The number of aromatic nitrogens is 2. The summed E-state index contributed by atoms with van der Waals surface area (Å²) in [7, 11) is 0. The molecule has 1 aliphatic rings. The standard InChI is InChI=1S/C24H30N4O/c1-4-28-22-10-6-5-9-21(22)26-23(28)16-27-13-7-8-19(15-27)24(29)25-20-12-11-17(2)18(3)14-20/h5-6,9-12,14,19H,4,7-8,13,15-16H2,1-3H3,(H,25,29)/t19-/m1/s1. The number of fused-ring (bicyclic) bond motifs is 1. The number of benzene rings is 2. The fourth-order valence-electron chi connectivity index (χ4n) is 4.28. The van der Waals surface area contributed by atoms with Gasteiger partial charge in [-0.1, -0.05) is 18.2 Å². The minimum Gasteiger partial charge on any atom is -0.327 e. The first-order valence-corrected chi connectivity index (χ1v) is 10.6. The van der Waals surface area contributed by atoms with Crippen LogP contribution in [0.25, 0.3) is 11.0 Å². The number of rotatable bonds is 5. The van der Waals surface area contributed by atoms with Crippen molar-refractivity contribution in [3.63, 3.8) is 0 Å². The first-order chi connectivity index (χ1) is 14.0. The number of carbonyl (C=O) groups is 1. The van der Waals surface area contributed by atoms with E-state index in [2.05, 4.69) is 65.9 Å². The zero-order chi connectivity index (χ0) is 20.4. The number of aryl methyl sites for hydroxylation is 3. The molecule has 1 saturated heterocycles. The number of carbonyl (C=O) groups excluding carboxylic acids is 1. The van der Waals surface area contributed by atoms with E-state index in [-0.39, 0.29) is 11.8 Å². The average Bonchev–Trinajstić information content (AvgIpc) is 3.07. The summed E-state index contributed by atoms with van der Waals surface area (Å²) in [5.74, 6) is 1.23. The Labute approximate surface area is 172 Å². The second kappa shape index (κ2) is 8.37. The zero-order valence-corrected chi connectivity index (χ0v) is 17.6. The lowest BCUT2D eigenvalue weighted by molar-refractivity contribution is -0.121. The molecule has 0 spiro atoms. The van der Waals surface area contributed by atoms with Crippen LogP contribution in [0.3, 0.4) is 0 Å². The van der Waals surface area contributed by atoms with E-state index in [0.717, 1.165) is 56.0 Å². The normalized spacial score (nSPS) is 17.6. The minimum absolute atomic E-state index is 0.0183. The van der Waals surface area contributed by atoms with E-state index < -0.39 is 0 Å². The van der Waals surface area contributed by atoms with Crippen LogP contribution in [0, 0.1) is 19.8 Å². The number of anilines is 1. The molecule has 4 rings (SSSR count). The molecular weight excluding hydrogens is 360 g/mol. The number of nitrogens with one attached hydrogen (secondary N) is 1. The van der Waals surface area contributed by atoms with Crippen LogP contribution in [-0.2, 0) is 17.9 Å². The second-order valence-corrected chi connectivity index (χ2v) is 8.12. The Morgan fingerprint density at radius 2 is 2.00 bits per heavy atom. The van der Waals surface area contributed by atoms with E-state index in [9.17, 15) is 4.79 Å². The molecule has 152 valence electrons. The third kappa shape index (κ3) is 4.20.